The van der Waals surface area contributed by atoms with E-state index in [0.29, 0.717) is 36.0 Å². The van der Waals surface area contributed by atoms with Gasteiger partial charge in [0.05, 0.1) is 43.0 Å². The fraction of sp³-hybridized carbons (Fsp3) is 0.512. The van der Waals surface area contributed by atoms with Crippen molar-refractivity contribution in [2.24, 2.45) is 0 Å². The summed E-state index contributed by atoms with van der Waals surface area (Å²) in [4.78, 5) is 41.1. The number of phenolic OH excluding ortho intramolecular Hbond substituents is 2. The van der Waals surface area contributed by atoms with E-state index in [-0.39, 0.29) is 40.3 Å². The lowest BCUT2D eigenvalue weighted by Crippen LogP contribution is -2.69. The summed E-state index contributed by atoms with van der Waals surface area (Å²) in [5.41, 5.74) is -1.17. The number of Topliss-reactive ketones (excluding diaryl/α,β-unsaturated/α-hetero) is 1. The molecule has 6 N–H and O–H groups in total. The second-order valence-corrected chi connectivity index (χ2v) is 19.1. The van der Waals surface area contributed by atoms with Gasteiger partial charge >= 0.3 is 0 Å². The maximum atomic E-state index is 14.1. The average molecular weight is 837 g/mol. The molecule has 0 radical (unpaired) electrons. The van der Waals surface area contributed by atoms with Crippen LogP contribution in [0.4, 0.5) is 0 Å². The van der Waals surface area contributed by atoms with E-state index in [4.69, 9.17) is 14.2 Å². The molecule has 310 valence electrons. The van der Waals surface area contributed by atoms with Crippen LogP contribution in [-0.4, -0.2) is 131 Å². The van der Waals surface area contributed by atoms with Crippen LogP contribution in [0.2, 0.25) is 0 Å². The summed E-state index contributed by atoms with van der Waals surface area (Å²) < 4.78 is 19.4. The minimum absolute atomic E-state index is 0.0778. The number of thioether (sulfide) groups is 2. The number of aromatic hydroxyl groups is 2. The third-order valence-electron chi connectivity index (χ3n) is 12.7. The molecule has 9 atom stereocenters. The van der Waals surface area contributed by atoms with E-state index in [1.165, 1.54) is 23.8 Å². The third kappa shape index (κ3) is 7.31. The third-order valence-corrected chi connectivity index (χ3v) is 15.6. The van der Waals surface area contributed by atoms with Gasteiger partial charge < -0.3 is 49.3 Å². The number of nitrogens with zero attached hydrogens (tertiary/aromatic N) is 1. The van der Waals surface area contributed by atoms with Gasteiger partial charge in [0.25, 0.3) is 0 Å². The van der Waals surface area contributed by atoms with Gasteiger partial charge in [-0.05, 0) is 31.4 Å². The van der Waals surface area contributed by atoms with Gasteiger partial charge in [-0.25, -0.2) is 0 Å². The summed E-state index contributed by atoms with van der Waals surface area (Å²) in [5.74, 6) is -2.76. The quantitative estimate of drug-likeness (QED) is 0.100. The second kappa shape index (κ2) is 16.3. The maximum Gasteiger partial charge on any atom is 0.198 e. The summed E-state index contributed by atoms with van der Waals surface area (Å²) in [5, 5.41) is 69.1. The molecule has 3 aromatic rings. The predicted molar refractivity (Wildman–Crippen MR) is 215 cm³/mol. The number of aliphatic hydroxyl groups excluding tert-OH is 3. The van der Waals surface area contributed by atoms with E-state index >= 15 is 0 Å². The van der Waals surface area contributed by atoms with E-state index in [1.807, 2.05) is 30.4 Å². The first-order chi connectivity index (χ1) is 27.8. The van der Waals surface area contributed by atoms with Crippen molar-refractivity contribution in [1.82, 2.24) is 0 Å². The highest BCUT2D eigenvalue weighted by Crippen LogP contribution is 2.52. The van der Waals surface area contributed by atoms with Crippen molar-refractivity contribution in [3.05, 3.63) is 92.5 Å². The molecule has 3 aromatic carbocycles. The van der Waals surface area contributed by atoms with Gasteiger partial charge in [-0.1, -0.05) is 42.5 Å². The fourth-order valence-electron chi connectivity index (χ4n) is 9.85. The molecule has 15 heteroatoms. The number of morpholine rings is 1. The first-order valence-electron chi connectivity index (χ1n) is 19.8. The molecule has 13 nitrogen and oxygen atoms in total. The number of ether oxygens (including phenoxy) is 3. The zero-order valence-electron chi connectivity index (χ0n) is 32.5. The van der Waals surface area contributed by atoms with Gasteiger partial charge in [-0.2, -0.15) is 0 Å². The second-order valence-electron chi connectivity index (χ2n) is 16.4. The van der Waals surface area contributed by atoms with E-state index in [0.717, 1.165) is 22.8 Å². The number of benzene rings is 3. The number of hydrogen-bond donors (Lipinski definition) is 6. The van der Waals surface area contributed by atoms with Gasteiger partial charge in [0.15, 0.2) is 23.6 Å². The van der Waals surface area contributed by atoms with Crippen LogP contribution in [0.25, 0.3) is 0 Å². The zero-order valence-corrected chi connectivity index (χ0v) is 34.1. The van der Waals surface area contributed by atoms with Gasteiger partial charge in [0, 0.05) is 56.7 Å². The summed E-state index contributed by atoms with van der Waals surface area (Å²) in [6.07, 6.45) is -4.11. The molecule has 3 saturated heterocycles. The van der Waals surface area contributed by atoms with E-state index in [1.54, 1.807) is 6.92 Å². The Kier molecular flexibility index (Phi) is 11.6. The fourth-order valence-corrected chi connectivity index (χ4v) is 12.8. The van der Waals surface area contributed by atoms with Crippen molar-refractivity contribution in [3.8, 4) is 11.5 Å². The number of fused-ring (bicyclic) bond motifs is 3. The average Bonchev–Trinajstić information content (AvgIpc) is 3.72. The molecule has 3 fully saturated rings. The van der Waals surface area contributed by atoms with E-state index < -0.39 is 102 Å². The summed E-state index contributed by atoms with van der Waals surface area (Å²) in [7, 11) is 0. The van der Waals surface area contributed by atoms with Crippen LogP contribution in [0.1, 0.15) is 92.5 Å². The van der Waals surface area contributed by atoms with Crippen molar-refractivity contribution in [1.29, 1.82) is 0 Å². The number of phenols is 2. The molecular formula is C43H50NO12S2+. The van der Waals surface area contributed by atoms with Gasteiger partial charge in [0.2, 0.25) is 0 Å². The normalized spacial score (nSPS) is 32.1. The molecule has 58 heavy (non-hydrogen) atoms. The number of carbonyl (C=O) groups is 3. The Morgan fingerprint density at radius 3 is 2.43 bits per heavy atom. The monoisotopic (exact) mass is 836 g/mol. The Morgan fingerprint density at radius 2 is 1.74 bits per heavy atom. The summed E-state index contributed by atoms with van der Waals surface area (Å²) >= 11 is 3.97. The lowest BCUT2D eigenvalue weighted by atomic mass is 9.71. The number of hydrogen-bond acceptors (Lipinski definition) is 14. The lowest BCUT2D eigenvalue weighted by Gasteiger charge is -2.53. The van der Waals surface area contributed by atoms with Gasteiger partial charge in [-0.15, -0.1) is 23.5 Å². The smallest absolute Gasteiger partial charge is 0.198 e. The molecule has 3 heterocycles. The molecular weight excluding hydrogens is 787 g/mol. The number of quaternary nitrogens is 1. The predicted octanol–water partition coefficient (Wildman–Crippen LogP) is 3.31. The molecule has 0 amide bonds. The highest BCUT2D eigenvalue weighted by atomic mass is 32.2. The van der Waals surface area contributed by atoms with Gasteiger partial charge in [0.1, 0.15) is 61.6 Å². The topological polar surface area (TPSA) is 200 Å². The van der Waals surface area contributed by atoms with Crippen LogP contribution in [0.15, 0.2) is 42.5 Å². The number of rotatable bonds is 10. The number of aliphatic hydroxyl groups is 4. The van der Waals surface area contributed by atoms with Crippen LogP contribution >= 0.6 is 23.5 Å². The molecule has 5 aliphatic rings. The minimum Gasteiger partial charge on any atom is -0.507 e. The molecule has 0 saturated carbocycles. The van der Waals surface area contributed by atoms with Crippen molar-refractivity contribution < 1.29 is 63.7 Å². The van der Waals surface area contributed by atoms with Crippen molar-refractivity contribution in [3.63, 3.8) is 0 Å². The standard InChI is InChI=1S/C43H49NO12S2/c1-22-16-44(10-11-54-22,17-25-8-6-24(7-9-25)12-27-20-57-21-58-27)30-13-33(55-23(2)38(30)48)56-31-15-43(53,32(47)19-46)14-29-35(31)42(52)37-36(40(29)50)39(49)28-5-3-4-26(18-45)34(28)41(37)51/h3-9,22-23,27,30-31,33,38,45-46,48,53H,10-21H2,1-2H3,(H-,49,50,51,52)/p+1/t22-,23+,27-,30+,31+,33?,38-,43+,44?/m1/s1. The molecule has 0 spiro atoms. The summed E-state index contributed by atoms with van der Waals surface area (Å²) in [6.45, 7) is 4.44. The minimum atomic E-state index is -2.29. The lowest BCUT2D eigenvalue weighted by molar-refractivity contribution is -0.978. The first kappa shape index (κ1) is 41.4. The van der Waals surface area contributed by atoms with Gasteiger partial charge in [-0.3, -0.25) is 14.4 Å². The van der Waals surface area contributed by atoms with Crippen LogP contribution in [0.5, 0.6) is 11.5 Å². The Labute approximate surface area is 344 Å². The molecule has 2 unspecified atom stereocenters. The van der Waals surface area contributed by atoms with Crippen LogP contribution < -0.4 is 0 Å². The SMILES string of the molecule is C[C@@H]1C[N+](Cc2ccc(C[C@@H]3CSCS3)cc2)([C@H]2CC(O[C@H]3C[C@](O)(C(=O)CO)Cc4c(O)c5c(c(O)c43)C(=O)c3c(CO)cccc3C5=O)O[C@@H](C)[C@H]2O)CCO1. The Hall–Kier alpha value is -3.35. The molecule has 0 aromatic heterocycles. The number of ketones is 3. The van der Waals surface area contributed by atoms with Crippen LogP contribution in [0.3, 0.4) is 0 Å². The van der Waals surface area contributed by atoms with E-state index in [2.05, 4.69) is 24.3 Å². The van der Waals surface area contributed by atoms with Crippen LogP contribution in [-0.2, 0) is 45.0 Å². The highest BCUT2D eigenvalue weighted by Gasteiger charge is 2.53. The first-order valence-corrected chi connectivity index (χ1v) is 22.0. The molecule has 0 bridgehead atoms. The largest absolute Gasteiger partial charge is 0.507 e. The summed E-state index contributed by atoms with van der Waals surface area (Å²) in [6, 6.07) is 12.6. The highest BCUT2D eigenvalue weighted by molar-refractivity contribution is 8.19. The number of carbonyl (C=O) groups excluding carboxylic acids is 3. The molecule has 3 aliphatic heterocycles. The van der Waals surface area contributed by atoms with Crippen LogP contribution in [0, 0.1) is 0 Å². The van der Waals surface area contributed by atoms with Crippen molar-refractivity contribution in [2.75, 3.05) is 37.1 Å². The Bertz CT molecular complexity index is 2110. The van der Waals surface area contributed by atoms with Crippen molar-refractivity contribution in [2.45, 2.75) is 100 Å². The van der Waals surface area contributed by atoms with Crippen molar-refractivity contribution >= 4 is 40.9 Å². The maximum absolute atomic E-state index is 14.1. The Balaban J connectivity index is 1.14. The zero-order chi connectivity index (χ0) is 41.1. The molecule has 2 aliphatic carbocycles. The Morgan fingerprint density at radius 1 is 1.00 bits per heavy atom. The molecule has 8 rings (SSSR count). The van der Waals surface area contributed by atoms with E-state index in [9.17, 15) is 45.0 Å².